The van der Waals surface area contributed by atoms with Gasteiger partial charge in [-0.25, -0.2) is 23.9 Å². The number of hydrogen-bond acceptors (Lipinski definition) is 8. The number of benzene rings is 3. The van der Waals surface area contributed by atoms with E-state index < -0.39 is 23.7 Å². The number of amides is 2. The van der Waals surface area contributed by atoms with Gasteiger partial charge in [-0.2, -0.15) is 0 Å². The zero-order chi connectivity index (χ0) is 33.2. The van der Waals surface area contributed by atoms with E-state index in [0.29, 0.717) is 27.9 Å². The second-order valence-corrected chi connectivity index (χ2v) is 12.2. The first-order valence-corrected chi connectivity index (χ1v) is 15.0. The number of hydrogen-bond donors (Lipinski definition) is 1. The maximum atomic E-state index is 14.2. The van der Waals surface area contributed by atoms with E-state index in [0.717, 1.165) is 11.3 Å². The number of carbonyl (C=O) groups excluding carboxylic acids is 3. The summed E-state index contributed by atoms with van der Waals surface area (Å²) >= 11 is 0. The fraction of sp³-hybridized carbons (Fsp3) is 0.314. The first-order valence-electron chi connectivity index (χ1n) is 15.0. The molecule has 2 amide bonds. The van der Waals surface area contributed by atoms with E-state index in [2.05, 4.69) is 0 Å². The zero-order valence-electron chi connectivity index (χ0n) is 27.0. The van der Waals surface area contributed by atoms with Crippen molar-refractivity contribution in [3.05, 3.63) is 89.5 Å². The van der Waals surface area contributed by atoms with Gasteiger partial charge in [-0.3, -0.25) is 0 Å². The topological polar surface area (TPSA) is 117 Å². The third kappa shape index (κ3) is 6.68. The van der Waals surface area contributed by atoms with Crippen LogP contribution < -0.4 is 4.90 Å². The Hall–Kier alpha value is -5.32. The molecule has 0 atom stereocenters. The van der Waals surface area contributed by atoms with Gasteiger partial charge in [0.25, 0.3) is 0 Å². The van der Waals surface area contributed by atoms with Crippen LogP contribution >= 0.6 is 0 Å². The van der Waals surface area contributed by atoms with Crippen molar-refractivity contribution in [1.29, 1.82) is 0 Å². The first kappa shape index (κ1) is 32.1. The monoisotopic (exact) mass is 625 g/mol. The number of carbonyl (C=O) groups is 3. The van der Waals surface area contributed by atoms with Gasteiger partial charge in [0.05, 0.1) is 35.2 Å². The molecule has 1 N–H and O–H groups in total. The minimum absolute atomic E-state index is 0.223. The number of rotatable bonds is 5. The average Bonchev–Trinajstić information content (AvgIpc) is 3.33. The molecule has 0 bridgehead atoms. The van der Waals surface area contributed by atoms with E-state index in [1.807, 2.05) is 73.6 Å². The summed E-state index contributed by atoms with van der Waals surface area (Å²) in [6.45, 7) is 6.38. The molecule has 0 radical (unpaired) electrons. The van der Waals surface area contributed by atoms with Gasteiger partial charge < -0.3 is 29.3 Å². The number of aromatic nitrogens is 1. The second-order valence-electron chi connectivity index (χ2n) is 12.2. The van der Waals surface area contributed by atoms with E-state index >= 15 is 0 Å². The number of esters is 1. The number of methoxy groups -OCH3 is 1. The molecule has 1 aliphatic rings. The van der Waals surface area contributed by atoms with Gasteiger partial charge >= 0.3 is 18.1 Å². The molecule has 11 heteroatoms. The van der Waals surface area contributed by atoms with Crippen LogP contribution in [0.2, 0.25) is 0 Å². The second kappa shape index (κ2) is 13.0. The molecule has 5 rings (SSSR count). The fourth-order valence-corrected chi connectivity index (χ4v) is 5.31. The lowest BCUT2D eigenvalue weighted by Crippen LogP contribution is -2.52. The van der Waals surface area contributed by atoms with Gasteiger partial charge in [0.2, 0.25) is 5.88 Å². The van der Waals surface area contributed by atoms with Crippen molar-refractivity contribution in [2.75, 3.05) is 52.3 Å². The molecule has 0 saturated carbocycles. The molecule has 240 valence electrons. The van der Waals surface area contributed by atoms with Gasteiger partial charge in [0.1, 0.15) is 5.60 Å². The number of aliphatic imine (C=N–C) groups is 1. The van der Waals surface area contributed by atoms with Gasteiger partial charge in [-0.05, 0) is 57.2 Å². The normalized spacial score (nSPS) is 13.9. The highest BCUT2D eigenvalue weighted by molar-refractivity contribution is 6.23. The minimum Gasteiger partial charge on any atom is -0.494 e. The average molecular weight is 626 g/mol. The van der Waals surface area contributed by atoms with Crippen molar-refractivity contribution in [2.45, 2.75) is 26.4 Å². The van der Waals surface area contributed by atoms with Crippen LogP contribution in [0.15, 0.2) is 77.8 Å². The van der Waals surface area contributed by atoms with Crippen LogP contribution in [0.4, 0.5) is 21.0 Å². The maximum absolute atomic E-state index is 14.2. The summed E-state index contributed by atoms with van der Waals surface area (Å²) in [5, 5.41) is 12.4. The van der Waals surface area contributed by atoms with Crippen molar-refractivity contribution in [3.8, 4) is 5.88 Å². The fourth-order valence-electron chi connectivity index (χ4n) is 5.31. The molecule has 0 spiro atoms. The van der Waals surface area contributed by atoms with E-state index in [4.69, 9.17) is 14.5 Å². The number of piperazine rings is 1. The summed E-state index contributed by atoms with van der Waals surface area (Å²) in [6.07, 6.45) is -0.443. The van der Waals surface area contributed by atoms with Crippen molar-refractivity contribution < 1.29 is 29.0 Å². The number of anilines is 1. The molecule has 1 aliphatic heterocycles. The molecule has 0 unspecified atom stereocenters. The quantitative estimate of drug-likeness (QED) is 0.217. The smallest absolute Gasteiger partial charge is 0.410 e. The Morgan fingerprint density at radius 3 is 2.07 bits per heavy atom. The summed E-state index contributed by atoms with van der Waals surface area (Å²) in [5.41, 5.74) is 3.08. The Balaban J connectivity index is 1.61. The predicted octanol–water partition coefficient (Wildman–Crippen LogP) is 5.89. The Morgan fingerprint density at radius 1 is 0.848 bits per heavy atom. The van der Waals surface area contributed by atoms with Gasteiger partial charge in [-0.15, -0.1) is 0 Å². The highest BCUT2D eigenvalue weighted by Crippen LogP contribution is 2.36. The number of aromatic hydroxyl groups is 1. The van der Waals surface area contributed by atoms with E-state index in [1.165, 1.54) is 17.7 Å². The highest BCUT2D eigenvalue weighted by atomic mass is 16.6. The Bertz CT molecular complexity index is 1780. The number of fused-ring (bicyclic) bond motifs is 1. The lowest BCUT2D eigenvalue weighted by atomic mass is 10.00. The van der Waals surface area contributed by atoms with Crippen molar-refractivity contribution >= 4 is 46.1 Å². The summed E-state index contributed by atoms with van der Waals surface area (Å²) in [6, 6.07) is 21.4. The summed E-state index contributed by atoms with van der Waals surface area (Å²) in [7, 11) is 5.20. The Kier molecular flexibility index (Phi) is 9.04. The largest absolute Gasteiger partial charge is 0.494 e. The van der Waals surface area contributed by atoms with Crippen LogP contribution in [0.1, 0.15) is 42.3 Å². The van der Waals surface area contributed by atoms with Crippen LogP contribution in [-0.2, 0) is 9.47 Å². The molecule has 0 aliphatic carbocycles. The number of nitrogens with zero attached hydrogens (tertiary/aromatic N) is 5. The van der Waals surface area contributed by atoms with E-state index in [9.17, 15) is 19.5 Å². The Morgan fingerprint density at radius 2 is 1.48 bits per heavy atom. The lowest BCUT2D eigenvalue weighted by Gasteiger charge is -2.35. The molecule has 3 aromatic carbocycles. The van der Waals surface area contributed by atoms with Crippen molar-refractivity contribution in [1.82, 2.24) is 14.4 Å². The van der Waals surface area contributed by atoms with Gasteiger partial charge in [0, 0.05) is 56.9 Å². The summed E-state index contributed by atoms with van der Waals surface area (Å²) < 4.78 is 11.6. The molecule has 2 heterocycles. The van der Waals surface area contributed by atoms with E-state index in [1.54, 1.807) is 42.7 Å². The summed E-state index contributed by atoms with van der Waals surface area (Å²) in [4.78, 5) is 49.4. The molecule has 46 heavy (non-hydrogen) atoms. The first-order chi connectivity index (χ1) is 21.9. The standard InChI is InChI=1S/C35H39N5O6/c1-35(2,3)46-34(44)39-20-18-38(19-21-39)33(43)40-28-22-24(32(42)45-6)12-17-27(28)29(31(40)41)30(23-10-8-7-9-11-23)36-25-13-15-26(16-14-25)37(4)5/h7-17,22,41H,18-21H2,1-6H3. The minimum atomic E-state index is -0.639. The van der Waals surface area contributed by atoms with Gasteiger partial charge in [-0.1, -0.05) is 36.4 Å². The number of ether oxygens (including phenoxy) is 2. The maximum Gasteiger partial charge on any atom is 0.410 e. The molecule has 11 nitrogen and oxygen atoms in total. The third-order valence-corrected chi connectivity index (χ3v) is 7.65. The predicted molar refractivity (Wildman–Crippen MR) is 178 cm³/mol. The van der Waals surface area contributed by atoms with Crippen LogP contribution in [0, 0.1) is 0 Å². The summed E-state index contributed by atoms with van der Waals surface area (Å²) in [5.74, 6) is -0.892. The van der Waals surface area contributed by atoms with E-state index in [-0.39, 0.29) is 37.6 Å². The zero-order valence-corrected chi connectivity index (χ0v) is 27.0. The molecule has 1 saturated heterocycles. The molecule has 4 aromatic rings. The van der Waals surface area contributed by atoms with Gasteiger partial charge in [0.15, 0.2) is 0 Å². The SMILES string of the molecule is COC(=O)c1ccc2c(C(=Nc3ccc(N(C)C)cc3)c3ccccc3)c(O)n(C(=O)N3CCN(C(=O)OC(C)(C)C)CC3)c2c1. The van der Waals surface area contributed by atoms with Crippen molar-refractivity contribution in [2.24, 2.45) is 4.99 Å². The van der Waals surface area contributed by atoms with Crippen LogP contribution in [0.5, 0.6) is 5.88 Å². The molecular weight excluding hydrogens is 586 g/mol. The van der Waals surface area contributed by atoms with Crippen LogP contribution in [0.25, 0.3) is 10.9 Å². The molecular formula is C35H39N5O6. The molecule has 1 aromatic heterocycles. The molecule has 1 fully saturated rings. The lowest BCUT2D eigenvalue weighted by molar-refractivity contribution is 0.0170. The highest BCUT2D eigenvalue weighted by Gasteiger charge is 2.32. The Labute approximate surface area is 268 Å². The van der Waals surface area contributed by atoms with Crippen molar-refractivity contribution in [3.63, 3.8) is 0 Å². The third-order valence-electron chi connectivity index (χ3n) is 7.65. The van der Waals surface area contributed by atoms with Crippen LogP contribution in [0.3, 0.4) is 0 Å². The van der Waals surface area contributed by atoms with Crippen LogP contribution in [-0.4, -0.2) is 96.3 Å².